The Morgan fingerprint density at radius 3 is 2.50 bits per heavy atom. The number of nitrogens with zero attached hydrogens (tertiary/aromatic N) is 1. The maximum absolute atomic E-state index is 12.1. The Hall–Kier alpha value is -1.06. The van der Waals surface area contributed by atoms with Crippen LogP contribution in [0.25, 0.3) is 0 Å². The van der Waals surface area contributed by atoms with Gasteiger partial charge in [0.1, 0.15) is 6.04 Å². The molecule has 0 radical (unpaired) electrons. The van der Waals surface area contributed by atoms with Gasteiger partial charge < -0.3 is 10.0 Å². The number of hydrogen-bond acceptors (Lipinski definition) is 2. The second kappa shape index (κ2) is 5.72. The van der Waals surface area contributed by atoms with Crippen molar-refractivity contribution >= 4 is 11.9 Å². The molecule has 1 aliphatic heterocycles. The van der Waals surface area contributed by atoms with Crippen LogP contribution in [-0.2, 0) is 9.59 Å². The third-order valence-electron chi connectivity index (χ3n) is 3.34. The molecule has 0 aromatic carbocycles. The molecule has 18 heavy (non-hydrogen) atoms. The van der Waals surface area contributed by atoms with Crippen LogP contribution >= 0.6 is 0 Å². The first kappa shape index (κ1) is 15.0. The van der Waals surface area contributed by atoms with E-state index in [0.29, 0.717) is 25.3 Å². The number of aliphatic carboxylic acids is 1. The maximum atomic E-state index is 12.1. The normalized spacial score (nSPS) is 22.0. The maximum Gasteiger partial charge on any atom is 0.326 e. The molecule has 4 heteroatoms. The summed E-state index contributed by atoms with van der Waals surface area (Å²) in [6.07, 6.45) is 2.83. The van der Waals surface area contributed by atoms with Crippen LogP contribution in [0.2, 0.25) is 0 Å². The highest BCUT2D eigenvalue weighted by atomic mass is 16.4. The second-order valence-electron chi connectivity index (χ2n) is 6.66. The zero-order valence-corrected chi connectivity index (χ0v) is 11.9. The molecule has 0 spiro atoms. The molecule has 1 saturated heterocycles. The predicted molar refractivity (Wildman–Crippen MR) is 70.2 cm³/mol. The van der Waals surface area contributed by atoms with Crippen LogP contribution in [0.5, 0.6) is 0 Å². The van der Waals surface area contributed by atoms with E-state index in [0.717, 1.165) is 12.8 Å². The first-order chi connectivity index (χ1) is 8.20. The van der Waals surface area contributed by atoms with Crippen molar-refractivity contribution in [2.45, 2.75) is 59.4 Å². The number of carbonyl (C=O) groups excluding carboxylic acids is 1. The molecule has 1 amide bonds. The molecule has 1 aliphatic rings. The standard InChI is InChI=1S/C14H25NO3/c1-10(9-14(2,3)4)8-12(16)15-7-5-6-11(15)13(17)18/h10-11H,5-9H2,1-4H3,(H,17,18)/t10?,11-/m1/s1. The molecule has 4 nitrogen and oxygen atoms in total. The molecule has 0 aromatic heterocycles. The van der Waals surface area contributed by atoms with Gasteiger partial charge in [-0.05, 0) is 30.6 Å². The van der Waals surface area contributed by atoms with E-state index in [1.165, 1.54) is 0 Å². The van der Waals surface area contributed by atoms with Crippen molar-refractivity contribution < 1.29 is 14.7 Å². The minimum Gasteiger partial charge on any atom is -0.480 e. The molecule has 2 atom stereocenters. The van der Waals surface area contributed by atoms with Crippen LogP contribution in [-0.4, -0.2) is 34.5 Å². The molecular formula is C14H25NO3. The van der Waals surface area contributed by atoms with Gasteiger partial charge in [0.2, 0.25) is 5.91 Å². The molecule has 0 aliphatic carbocycles. The van der Waals surface area contributed by atoms with Gasteiger partial charge in [-0.25, -0.2) is 4.79 Å². The quantitative estimate of drug-likeness (QED) is 0.839. The lowest BCUT2D eigenvalue weighted by Crippen LogP contribution is -2.41. The molecule has 1 unspecified atom stereocenters. The largest absolute Gasteiger partial charge is 0.480 e. The van der Waals surface area contributed by atoms with Crippen molar-refractivity contribution in [1.29, 1.82) is 0 Å². The Morgan fingerprint density at radius 2 is 2.00 bits per heavy atom. The first-order valence-corrected chi connectivity index (χ1v) is 6.73. The van der Waals surface area contributed by atoms with Gasteiger partial charge in [-0.15, -0.1) is 0 Å². The number of carboxylic acid groups (broad SMARTS) is 1. The summed E-state index contributed by atoms with van der Waals surface area (Å²) in [6, 6.07) is -0.598. The lowest BCUT2D eigenvalue weighted by Gasteiger charge is -2.26. The Kier molecular flexibility index (Phi) is 4.77. The Labute approximate surface area is 109 Å². The first-order valence-electron chi connectivity index (χ1n) is 6.73. The van der Waals surface area contributed by atoms with E-state index in [2.05, 4.69) is 27.7 Å². The molecular weight excluding hydrogens is 230 g/mol. The van der Waals surface area contributed by atoms with Crippen molar-refractivity contribution in [2.24, 2.45) is 11.3 Å². The van der Waals surface area contributed by atoms with Gasteiger partial charge >= 0.3 is 5.97 Å². The molecule has 0 bridgehead atoms. The van der Waals surface area contributed by atoms with Crippen LogP contribution in [0.3, 0.4) is 0 Å². The zero-order valence-electron chi connectivity index (χ0n) is 11.9. The lowest BCUT2D eigenvalue weighted by molar-refractivity contribution is -0.148. The third kappa shape index (κ3) is 4.31. The van der Waals surface area contributed by atoms with Gasteiger partial charge in [-0.2, -0.15) is 0 Å². The monoisotopic (exact) mass is 255 g/mol. The molecule has 1 N–H and O–H groups in total. The van der Waals surface area contributed by atoms with Gasteiger partial charge in [-0.3, -0.25) is 4.79 Å². The van der Waals surface area contributed by atoms with Crippen molar-refractivity contribution in [3.63, 3.8) is 0 Å². The fraction of sp³-hybridized carbons (Fsp3) is 0.857. The number of hydrogen-bond donors (Lipinski definition) is 1. The fourth-order valence-corrected chi connectivity index (χ4v) is 2.85. The molecule has 0 aromatic rings. The van der Waals surface area contributed by atoms with Crippen LogP contribution < -0.4 is 0 Å². The summed E-state index contributed by atoms with van der Waals surface area (Å²) >= 11 is 0. The number of carbonyl (C=O) groups is 2. The van der Waals surface area contributed by atoms with Crippen LogP contribution in [0.1, 0.15) is 53.4 Å². The van der Waals surface area contributed by atoms with E-state index in [4.69, 9.17) is 5.11 Å². The van der Waals surface area contributed by atoms with E-state index in [9.17, 15) is 9.59 Å². The SMILES string of the molecule is CC(CC(=O)N1CCC[C@@H]1C(=O)O)CC(C)(C)C. The number of carboxylic acids is 1. The van der Waals surface area contributed by atoms with Crippen molar-refractivity contribution in [1.82, 2.24) is 4.90 Å². The van der Waals surface area contributed by atoms with Crippen molar-refractivity contribution in [2.75, 3.05) is 6.54 Å². The highest BCUT2D eigenvalue weighted by molar-refractivity contribution is 5.84. The van der Waals surface area contributed by atoms with Crippen LogP contribution in [0, 0.1) is 11.3 Å². The van der Waals surface area contributed by atoms with Crippen LogP contribution in [0.15, 0.2) is 0 Å². The van der Waals surface area contributed by atoms with Gasteiger partial charge in [0.05, 0.1) is 0 Å². The van der Waals surface area contributed by atoms with Crippen molar-refractivity contribution in [3.05, 3.63) is 0 Å². The fourth-order valence-electron chi connectivity index (χ4n) is 2.85. The summed E-state index contributed by atoms with van der Waals surface area (Å²) in [7, 11) is 0. The minimum absolute atomic E-state index is 0.00310. The van der Waals surface area contributed by atoms with Gasteiger partial charge in [-0.1, -0.05) is 27.7 Å². The average Bonchev–Trinajstić information content (AvgIpc) is 2.61. The second-order valence-corrected chi connectivity index (χ2v) is 6.66. The highest BCUT2D eigenvalue weighted by Crippen LogP contribution is 2.27. The molecule has 1 fully saturated rings. The molecule has 104 valence electrons. The summed E-state index contributed by atoms with van der Waals surface area (Å²) in [5, 5.41) is 9.06. The molecule has 1 rings (SSSR count). The molecule has 1 heterocycles. The number of amides is 1. The van der Waals surface area contributed by atoms with E-state index in [1.807, 2.05) is 0 Å². The third-order valence-corrected chi connectivity index (χ3v) is 3.34. The number of likely N-dealkylation sites (tertiary alicyclic amines) is 1. The Morgan fingerprint density at radius 1 is 1.39 bits per heavy atom. The van der Waals surface area contributed by atoms with E-state index in [1.54, 1.807) is 4.90 Å². The van der Waals surface area contributed by atoms with Crippen molar-refractivity contribution in [3.8, 4) is 0 Å². The van der Waals surface area contributed by atoms with Gasteiger partial charge in [0.15, 0.2) is 0 Å². The van der Waals surface area contributed by atoms with Crippen LogP contribution in [0.4, 0.5) is 0 Å². The summed E-state index contributed by atoms with van der Waals surface area (Å²) in [5.74, 6) is -0.575. The lowest BCUT2D eigenvalue weighted by atomic mass is 9.84. The smallest absolute Gasteiger partial charge is 0.326 e. The summed E-state index contributed by atoms with van der Waals surface area (Å²) in [5.41, 5.74) is 0.205. The number of rotatable bonds is 4. The van der Waals surface area contributed by atoms with E-state index in [-0.39, 0.29) is 11.3 Å². The Bertz CT molecular complexity index is 319. The summed E-state index contributed by atoms with van der Waals surface area (Å²) in [6.45, 7) is 9.13. The topological polar surface area (TPSA) is 57.6 Å². The summed E-state index contributed by atoms with van der Waals surface area (Å²) < 4.78 is 0. The minimum atomic E-state index is -0.871. The Balaban J connectivity index is 2.52. The highest BCUT2D eigenvalue weighted by Gasteiger charge is 2.34. The summed E-state index contributed by atoms with van der Waals surface area (Å²) in [4.78, 5) is 24.7. The average molecular weight is 255 g/mol. The predicted octanol–water partition coefficient (Wildman–Crippen LogP) is 2.52. The van der Waals surface area contributed by atoms with Gasteiger partial charge in [0.25, 0.3) is 0 Å². The zero-order chi connectivity index (χ0) is 13.9. The van der Waals surface area contributed by atoms with Gasteiger partial charge in [0, 0.05) is 13.0 Å². The molecule has 0 saturated carbocycles. The van der Waals surface area contributed by atoms with E-state index >= 15 is 0 Å². The van der Waals surface area contributed by atoms with E-state index < -0.39 is 12.0 Å².